The lowest BCUT2D eigenvalue weighted by Crippen LogP contribution is -2.26. The monoisotopic (exact) mass is 343 g/mol. The third kappa shape index (κ3) is 6.89. The highest BCUT2D eigenvalue weighted by Crippen LogP contribution is 2.18. The highest BCUT2D eigenvalue weighted by molar-refractivity contribution is 9.10. The van der Waals surface area contributed by atoms with Crippen LogP contribution in [0.2, 0.25) is 0 Å². The average molecular weight is 344 g/mol. The van der Waals surface area contributed by atoms with E-state index >= 15 is 0 Å². The summed E-state index contributed by atoms with van der Waals surface area (Å²) in [6.07, 6.45) is -3.55. The van der Waals surface area contributed by atoms with Crippen LogP contribution in [0.5, 0.6) is 0 Å². The second-order valence-corrected chi connectivity index (χ2v) is 5.02. The van der Waals surface area contributed by atoms with Gasteiger partial charge in [0.1, 0.15) is 12.4 Å². The summed E-state index contributed by atoms with van der Waals surface area (Å²) in [7, 11) is 0. The minimum absolute atomic E-state index is 0.0525. The van der Waals surface area contributed by atoms with Crippen molar-refractivity contribution in [3.8, 4) is 0 Å². The first-order valence-corrected chi connectivity index (χ1v) is 6.41. The largest absolute Gasteiger partial charge is 0.411 e. The van der Waals surface area contributed by atoms with Gasteiger partial charge < -0.3 is 10.5 Å². The predicted octanol–water partition coefficient (Wildman–Crippen LogP) is 3.43. The van der Waals surface area contributed by atoms with E-state index in [1.165, 1.54) is 6.07 Å². The van der Waals surface area contributed by atoms with E-state index < -0.39 is 12.8 Å². The van der Waals surface area contributed by atoms with Crippen LogP contribution in [0.3, 0.4) is 0 Å². The number of hydrogen-bond acceptors (Lipinski definition) is 2. The van der Waals surface area contributed by atoms with Gasteiger partial charge in [0, 0.05) is 12.6 Å². The molecular formula is C12H14BrF4NO. The van der Waals surface area contributed by atoms with Crippen molar-refractivity contribution in [3.63, 3.8) is 0 Å². The zero-order valence-electron chi connectivity index (χ0n) is 10.0. The molecule has 2 nitrogen and oxygen atoms in total. The van der Waals surface area contributed by atoms with Crippen molar-refractivity contribution < 1.29 is 22.3 Å². The molecule has 0 spiro atoms. The number of nitrogens with two attached hydrogens (primary N) is 1. The van der Waals surface area contributed by atoms with Crippen molar-refractivity contribution in [3.05, 3.63) is 34.1 Å². The van der Waals surface area contributed by atoms with Crippen LogP contribution in [0.15, 0.2) is 22.7 Å². The van der Waals surface area contributed by atoms with Crippen LogP contribution < -0.4 is 5.73 Å². The molecular weight excluding hydrogens is 330 g/mol. The van der Waals surface area contributed by atoms with Crippen LogP contribution in [0.1, 0.15) is 12.0 Å². The second kappa shape index (κ2) is 7.21. The Bertz CT molecular complexity index is 411. The smallest absolute Gasteiger partial charge is 0.372 e. The molecule has 0 fully saturated rings. The van der Waals surface area contributed by atoms with E-state index in [1.807, 2.05) is 0 Å². The number of benzene rings is 1. The summed E-state index contributed by atoms with van der Waals surface area (Å²) in [5.41, 5.74) is 6.59. The number of hydrogen-bond donors (Lipinski definition) is 1. The lowest BCUT2D eigenvalue weighted by atomic mass is 10.0. The standard InChI is InChI=1S/C12H14BrF4NO/c13-10-6-8(1-2-11(10)14)5-9(18)3-4-19-7-12(15,16)17/h1-2,6,9H,3-5,7,18H2. The number of ether oxygens (including phenoxy) is 1. The molecule has 0 amide bonds. The van der Waals surface area contributed by atoms with E-state index in [2.05, 4.69) is 20.7 Å². The molecule has 0 aliphatic carbocycles. The first-order chi connectivity index (χ1) is 8.78. The molecule has 1 unspecified atom stereocenters. The van der Waals surface area contributed by atoms with Crippen molar-refractivity contribution in [2.45, 2.75) is 25.1 Å². The topological polar surface area (TPSA) is 35.2 Å². The molecule has 7 heteroatoms. The molecule has 1 aromatic carbocycles. The number of alkyl halides is 3. The Labute approximate surface area is 117 Å². The van der Waals surface area contributed by atoms with Gasteiger partial charge in [-0.05, 0) is 46.5 Å². The maximum Gasteiger partial charge on any atom is 0.411 e. The van der Waals surface area contributed by atoms with E-state index in [9.17, 15) is 17.6 Å². The number of rotatable bonds is 6. The van der Waals surface area contributed by atoms with Gasteiger partial charge in [-0.25, -0.2) is 4.39 Å². The zero-order chi connectivity index (χ0) is 14.5. The van der Waals surface area contributed by atoms with E-state index in [0.717, 1.165) is 5.56 Å². The minimum atomic E-state index is -4.31. The molecule has 1 aromatic rings. The Morgan fingerprint density at radius 3 is 2.58 bits per heavy atom. The lowest BCUT2D eigenvalue weighted by Gasteiger charge is -2.13. The Hall–Kier alpha value is -0.660. The Morgan fingerprint density at radius 2 is 2.00 bits per heavy atom. The maximum absolute atomic E-state index is 13.0. The van der Waals surface area contributed by atoms with Crippen LogP contribution in [0, 0.1) is 5.82 Å². The SMILES string of the molecule is NC(CCOCC(F)(F)F)Cc1ccc(F)c(Br)c1. The Balaban J connectivity index is 2.31. The van der Waals surface area contributed by atoms with E-state index in [1.54, 1.807) is 12.1 Å². The molecule has 19 heavy (non-hydrogen) atoms. The van der Waals surface area contributed by atoms with Gasteiger partial charge in [0.15, 0.2) is 0 Å². The molecule has 0 aromatic heterocycles. The lowest BCUT2D eigenvalue weighted by molar-refractivity contribution is -0.174. The summed E-state index contributed by atoms with van der Waals surface area (Å²) in [5.74, 6) is -0.370. The summed E-state index contributed by atoms with van der Waals surface area (Å²) in [6, 6.07) is 4.18. The Morgan fingerprint density at radius 1 is 1.32 bits per heavy atom. The third-order valence-corrected chi connectivity index (χ3v) is 2.99. The highest BCUT2D eigenvalue weighted by Gasteiger charge is 2.27. The number of halogens is 5. The van der Waals surface area contributed by atoms with Gasteiger partial charge in [0.05, 0.1) is 4.47 Å². The fourth-order valence-electron chi connectivity index (χ4n) is 1.49. The maximum atomic E-state index is 13.0. The molecule has 0 saturated heterocycles. The van der Waals surface area contributed by atoms with Gasteiger partial charge in [-0.1, -0.05) is 6.07 Å². The summed E-state index contributed by atoms with van der Waals surface area (Å²) in [5, 5.41) is 0. The van der Waals surface area contributed by atoms with Crippen LogP contribution in [0.4, 0.5) is 17.6 Å². The van der Waals surface area contributed by atoms with Gasteiger partial charge in [0.25, 0.3) is 0 Å². The fourth-order valence-corrected chi connectivity index (χ4v) is 1.92. The molecule has 1 rings (SSSR count). The average Bonchev–Trinajstić information content (AvgIpc) is 2.28. The molecule has 0 radical (unpaired) electrons. The van der Waals surface area contributed by atoms with Crippen LogP contribution in [-0.4, -0.2) is 25.4 Å². The molecule has 0 aliphatic rings. The first kappa shape index (κ1) is 16.4. The van der Waals surface area contributed by atoms with E-state index in [-0.39, 0.29) is 18.5 Å². The van der Waals surface area contributed by atoms with Crippen LogP contribution >= 0.6 is 15.9 Å². The summed E-state index contributed by atoms with van der Waals surface area (Å²) < 4.78 is 53.2. The van der Waals surface area contributed by atoms with Gasteiger partial charge in [-0.2, -0.15) is 13.2 Å². The minimum Gasteiger partial charge on any atom is -0.372 e. The molecule has 108 valence electrons. The van der Waals surface area contributed by atoms with Gasteiger partial charge in [-0.3, -0.25) is 0 Å². The van der Waals surface area contributed by atoms with Gasteiger partial charge in [-0.15, -0.1) is 0 Å². The van der Waals surface area contributed by atoms with Crippen molar-refractivity contribution in [2.24, 2.45) is 5.73 Å². The van der Waals surface area contributed by atoms with E-state index in [0.29, 0.717) is 17.3 Å². The third-order valence-electron chi connectivity index (χ3n) is 2.38. The summed E-state index contributed by atoms with van der Waals surface area (Å²) >= 11 is 3.06. The molecule has 2 N–H and O–H groups in total. The van der Waals surface area contributed by atoms with Gasteiger partial charge in [0.2, 0.25) is 0 Å². The molecule has 0 heterocycles. The summed E-state index contributed by atoms with van der Waals surface area (Å²) in [4.78, 5) is 0. The zero-order valence-corrected chi connectivity index (χ0v) is 11.6. The quantitative estimate of drug-likeness (QED) is 0.634. The van der Waals surface area contributed by atoms with Crippen molar-refractivity contribution in [1.82, 2.24) is 0 Å². The van der Waals surface area contributed by atoms with Crippen LogP contribution in [-0.2, 0) is 11.2 Å². The highest BCUT2D eigenvalue weighted by atomic mass is 79.9. The molecule has 1 atom stereocenters. The van der Waals surface area contributed by atoms with Crippen LogP contribution in [0.25, 0.3) is 0 Å². The van der Waals surface area contributed by atoms with Crippen molar-refractivity contribution >= 4 is 15.9 Å². The summed E-state index contributed by atoms with van der Waals surface area (Å²) in [6.45, 7) is -1.31. The normalized spacial score (nSPS) is 13.6. The Kier molecular flexibility index (Phi) is 6.22. The molecule has 0 bridgehead atoms. The fraction of sp³-hybridized carbons (Fsp3) is 0.500. The molecule has 0 saturated carbocycles. The van der Waals surface area contributed by atoms with Crippen molar-refractivity contribution in [2.75, 3.05) is 13.2 Å². The predicted molar refractivity (Wildman–Crippen MR) is 67.3 cm³/mol. The van der Waals surface area contributed by atoms with E-state index in [4.69, 9.17) is 5.73 Å². The van der Waals surface area contributed by atoms with Gasteiger partial charge >= 0.3 is 6.18 Å². The molecule has 0 aliphatic heterocycles. The second-order valence-electron chi connectivity index (χ2n) is 4.17. The first-order valence-electron chi connectivity index (χ1n) is 5.62. The van der Waals surface area contributed by atoms with Crippen molar-refractivity contribution in [1.29, 1.82) is 0 Å².